The van der Waals surface area contributed by atoms with Crippen LogP contribution in [0.5, 0.6) is 0 Å². The van der Waals surface area contributed by atoms with Crippen LogP contribution in [0.3, 0.4) is 0 Å². The van der Waals surface area contributed by atoms with Crippen molar-refractivity contribution in [1.82, 2.24) is 10.6 Å². The lowest BCUT2D eigenvalue weighted by Gasteiger charge is -2.26. The lowest BCUT2D eigenvalue weighted by molar-refractivity contribution is -0.123. The molecule has 2 aromatic carbocycles. The fourth-order valence-corrected chi connectivity index (χ4v) is 2.76. The maximum atomic E-state index is 12.4. The van der Waals surface area contributed by atoms with E-state index in [2.05, 4.69) is 16.7 Å². The van der Waals surface area contributed by atoms with Crippen LogP contribution < -0.4 is 10.6 Å². The number of hydrogen-bond donors (Lipinski definition) is 2. The Bertz CT molecular complexity index is 639. The Hall–Kier alpha value is -1.84. The third kappa shape index (κ3) is 3.26. The van der Waals surface area contributed by atoms with Crippen LogP contribution >= 0.6 is 11.6 Å². The van der Waals surface area contributed by atoms with Gasteiger partial charge in [-0.1, -0.05) is 48.0 Å². The zero-order valence-electron chi connectivity index (χ0n) is 11.6. The summed E-state index contributed by atoms with van der Waals surface area (Å²) >= 11 is 5.85. The normalized spacial score (nSPS) is 17.1. The minimum Gasteiger partial charge on any atom is -0.350 e. The first kappa shape index (κ1) is 14.1. The Morgan fingerprint density at radius 1 is 1.19 bits per heavy atom. The zero-order valence-corrected chi connectivity index (χ0v) is 12.4. The molecule has 1 amide bonds. The van der Waals surface area contributed by atoms with Gasteiger partial charge in [0.25, 0.3) is 0 Å². The Kier molecular flexibility index (Phi) is 4.23. The molecule has 1 aliphatic rings. The maximum Gasteiger partial charge on any atom is 0.242 e. The third-order valence-corrected chi connectivity index (χ3v) is 4.00. The number of rotatable bonds is 3. The number of carbonyl (C=O) groups excluding carboxylic acids is 1. The van der Waals surface area contributed by atoms with Gasteiger partial charge in [0, 0.05) is 18.1 Å². The largest absolute Gasteiger partial charge is 0.350 e. The lowest BCUT2D eigenvalue weighted by Crippen LogP contribution is -2.41. The summed E-state index contributed by atoms with van der Waals surface area (Å²) in [7, 11) is 0. The molecule has 1 unspecified atom stereocenters. The monoisotopic (exact) mass is 300 g/mol. The lowest BCUT2D eigenvalue weighted by atomic mass is 9.94. The number of benzene rings is 2. The van der Waals surface area contributed by atoms with E-state index >= 15 is 0 Å². The van der Waals surface area contributed by atoms with Crippen molar-refractivity contribution in [3.05, 3.63) is 70.2 Å². The number of carbonyl (C=O) groups is 1. The molecule has 0 saturated carbocycles. The van der Waals surface area contributed by atoms with Gasteiger partial charge in [-0.25, -0.2) is 0 Å². The summed E-state index contributed by atoms with van der Waals surface area (Å²) in [5, 5.41) is 6.97. The first-order valence-electron chi connectivity index (χ1n) is 7.07. The molecule has 2 aromatic rings. The fourth-order valence-electron chi connectivity index (χ4n) is 2.63. The second kappa shape index (κ2) is 6.29. The molecule has 3 rings (SSSR count). The standard InChI is InChI=1S/C17H17ClN2O/c18-14-7-5-12(6-8-14)11-20-17(21)16-15-4-2-1-3-13(15)9-10-19-16/h1-8,16,19H,9-11H2,(H,20,21). The van der Waals surface area contributed by atoms with Gasteiger partial charge in [0.15, 0.2) is 0 Å². The van der Waals surface area contributed by atoms with Crippen LogP contribution in [-0.2, 0) is 17.8 Å². The molecule has 0 spiro atoms. The van der Waals surface area contributed by atoms with Crippen LogP contribution in [0, 0.1) is 0 Å². The second-order valence-corrected chi connectivity index (χ2v) is 5.62. The molecule has 0 aliphatic carbocycles. The highest BCUT2D eigenvalue weighted by atomic mass is 35.5. The summed E-state index contributed by atoms with van der Waals surface area (Å²) in [4.78, 5) is 12.4. The van der Waals surface area contributed by atoms with Crippen molar-refractivity contribution < 1.29 is 4.79 Å². The molecule has 4 heteroatoms. The van der Waals surface area contributed by atoms with E-state index in [4.69, 9.17) is 11.6 Å². The van der Waals surface area contributed by atoms with Gasteiger partial charge in [0.2, 0.25) is 5.91 Å². The van der Waals surface area contributed by atoms with Crippen LogP contribution in [-0.4, -0.2) is 12.5 Å². The minimum absolute atomic E-state index is 0.0112. The van der Waals surface area contributed by atoms with Crippen LogP contribution in [0.15, 0.2) is 48.5 Å². The van der Waals surface area contributed by atoms with Crippen molar-refractivity contribution in [2.45, 2.75) is 19.0 Å². The van der Waals surface area contributed by atoms with Gasteiger partial charge >= 0.3 is 0 Å². The maximum absolute atomic E-state index is 12.4. The summed E-state index contributed by atoms with van der Waals surface area (Å²) in [6.45, 7) is 1.34. The van der Waals surface area contributed by atoms with Crippen molar-refractivity contribution in [2.75, 3.05) is 6.54 Å². The second-order valence-electron chi connectivity index (χ2n) is 5.18. The summed E-state index contributed by atoms with van der Waals surface area (Å²) in [6.07, 6.45) is 0.969. The van der Waals surface area contributed by atoms with E-state index in [-0.39, 0.29) is 11.9 Å². The predicted molar refractivity (Wildman–Crippen MR) is 84.2 cm³/mol. The molecule has 1 aliphatic heterocycles. The number of amides is 1. The highest BCUT2D eigenvalue weighted by Gasteiger charge is 2.25. The molecule has 0 radical (unpaired) electrons. The smallest absolute Gasteiger partial charge is 0.242 e. The Morgan fingerprint density at radius 2 is 1.95 bits per heavy atom. The predicted octanol–water partition coefficient (Wildman–Crippen LogP) is 2.84. The van der Waals surface area contributed by atoms with Gasteiger partial charge in [0.05, 0.1) is 0 Å². The Morgan fingerprint density at radius 3 is 2.76 bits per heavy atom. The Labute approximate surface area is 129 Å². The molecular weight excluding hydrogens is 284 g/mol. The van der Waals surface area contributed by atoms with Gasteiger partial charge in [-0.2, -0.15) is 0 Å². The van der Waals surface area contributed by atoms with E-state index in [0.29, 0.717) is 11.6 Å². The van der Waals surface area contributed by atoms with Crippen molar-refractivity contribution in [3.63, 3.8) is 0 Å². The van der Waals surface area contributed by atoms with E-state index in [1.165, 1.54) is 5.56 Å². The molecule has 0 fully saturated rings. The highest BCUT2D eigenvalue weighted by Crippen LogP contribution is 2.22. The quantitative estimate of drug-likeness (QED) is 0.915. The first-order valence-corrected chi connectivity index (χ1v) is 7.45. The van der Waals surface area contributed by atoms with E-state index < -0.39 is 0 Å². The molecule has 0 aromatic heterocycles. The first-order chi connectivity index (χ1) is 10.2. The van der Waals surface area contributed by atoms with Crippen LogP contribution in [0.25, 0.3) is 0 Å². The number of nitrogens with one attached hydrogen (secondary N) is 2. The number of hydrogen-bond acceptors (Lipinski definition) is 2. The highest BCUT2D eigenvalue weighted by molar-refractivity contribution is 6.30. The van der Waals surface area contributed by atoms with Crippen LogP contribution in [0.4, 0.5) is 0 Å². The van der Waals surface area contributed by atoms with Crippen molar-refractivity contribution in [3.8, 4) is 0 Å². The molecular formula is C17H17ClN2O. The average molecular weight is 301 g/mol. The zero-order chi connectivity index (χ0) is 14.7. The van der Waals surface area contributed by atoms with E-state index in [1.807, 2.05) is 42.5 Å². The van der Waals surface area contributed by atoms with Gasteiger partial charge in [-0.3, -0.25) is 4.79 Å². The number of fused-ring (bicyclic) bond motifs is 1. The molecule has 108 valence electrons. The number of halogens is 1. The molecule has 0 bridgehead atoms. The van der Waals surface area contributed by atoms with E-state index in [0.717, 1.165) is 24.1 Å². The summed E-state index contributed by atoms with van der Waals surface area (Å²) in [5.74, 6) is 0.0112. The van der Waals surface area contributed by atoms with Crippen molar-refractivity contribution in [1.29, 1.82) is 0 Å². The van der Waals surface area contributed by atoms with Crippen LogP contribution in [0.2, 0.25) is 5.02 Å². The molecule has 3 nitrogen and oxygen atoms in total. The SMILES string of the molecule is O=C(NCc1ccc(Cl)cc1)C1NCCc2ccccc21. The summed E-state index contributed by atoms with van der Waals surface area (Å²) in [6, 6.07) is 15.4. The van der Waals surface area contributed by atoms with E-state index in [1.54, 1.807) is 0 Å². The summed E-state index contributed by atoms with van der Waals surface area (Å²) < 4.78 is 0. The van der Waals surface area contributed by atoms with Gasteiger partial charge in [0.1, 0.15) is 6.04 Å². The fraction of sp³-hybridized carbons (Fsp3) is 0.235. The van der Waals surface area contributed by atoms with Gasteiger partial charge < -0.3 is 10.6 Å². The molecule has 1 heterocycles. The molecule has 1 atom stereocenters. The van der Waals surface area contributed by atoms with E-state index in [9.17, 15) is 4.79 Å². The molecule has 21 heavy (non-hydrogen) atoms. The third-order valence-electron chi connectivity index (χ3n) is 3.75. The molecule has 0 saturated heterocycles. The molecule has 2 N–H and O–H groups in total. The van der Waals surface area contributed by atoms with Crippen molar-refractivity contribution >= 4 is 17.5 Å². The van der Waals surface area contributed by atoms with Gasteiger partial charge in [-0.05, 0) is 35.2 Å². The minimum atomic E-state index is -0.262. The van der Waals surface area contributed by atoms with Gasteiger partial charge in [-0.15, -0.1) is 0 Å². The van der Waals surface area contributed by atoms with Crippen LogP contribution in [0.1, 0.15) is 22.7 Å². The summed E-state index contributed by atoms with van der Waals surface area (Å²) in [5.41, 5.74) is 3.37. The Balaban J connectivity index is 1.68. The topological polar surface area (TPSA) is 41.1 Å². The van der Waals surface area contributed by atoms with Crippen molar-refractivity contribution in [2.24, 2.45) is 0 Å². The average Bonchev–Trinajstić information content (AvgIpc) is 2.53.